The van der Waals surface area contributed by atoms with Crippen LogP contribution in [-0.4, -0.2) is 62.7 Å². The lowest BCUT2D eigenvalue weighted by Crippen LogP contribution is -2.35. The van der Waals surface area contributed by atoms with Gasteiger partial charge in [-0.25, -0.2) is 0 Å². The first-order valence-corrected chi connectivity index (χ1v) is 4.68. The van der Waals surface area contributed by atoms with Gasteiger partial charge in [-0.1, -0.05) is 0 Å². The topological polar surface area (TPSA) is 41.9 Å². The summed E-state index contributed by atoms with van der Waals surface area (Å²) < 4.78 is 10.3. The molecular formula is C9H19NO3. The van der Waals surface area contributed by atoms with E-state index < -0.39 is 0 Å². The SMILES string of the molecule is COCCN1C[C@H](OC)C[C@H]1CO. The van der Waals surface area contributed by atoms with Gasteiger partial charge in [0.2, 0.25) is 0 Å². The first kappa shape index (κ1) is 10.9. The molecule has 1 N–H and O–H groups in total. The average Bonchev–Trinajstić information content (AvgIpc) is 2.57. The summed E-state index contributed by atoms with van der Waals surface area (Å²) in [5, 5.41) is 9.11. The lowest BCUT2D eigenvalue weighted by molar-refractivity contribution is 0.0959. The normalized spacial score (nSPS) is 29.8. The van der Waals surface area contributed by atoms with Crippen LogP contribution in [0.5, 0.6) is 0 Å². The monoisotopic (exact) mass is 189 g/mol. The van der Waals surface area contributed by atoms with Gasteiger partial charge in [0.15, 0.2) is 0 Å². The molecule has 1 fully saturated rings. The number of aliphatic hydroxyl groups excluding tert-OH is 1. The van der Waals surface area contributed by atoms with Crippen molar-refractivity contribution >= 4 is 0 Å². The molecule has 1 heterocycles. The second kappa shape index (κ2) is 5.54. The van der Waals surface area contributed by atoms with Gasteiger partial charge in [0, 0.05) is 33.4 Å². The van der Waals surface area contributed by atoms with Gasteiger partial charge in [-0.15, -0.1) is 0 Å². The van der Waals surface area contributed by atoms with Crippen molar-refractivity contribution in [1.29, 1.82) is 0 Å². The molecule has 0 aromatic heterocycles. The van der Waals surface area contributed by atoms with Crippen LogP contribution in [0.15, 0.2) is 0 Å². The molecule has 0 radical (unpaired) electrons. The Morgan fingerprint density at radius 3 is 2.77 bits per heavy atom. The molecule has 0 bridgehead atoms. The third kappa shape index (κ3) is 2.91. The van der Waals surface area contributed by atoms with E-state index >= 15 is 0 Å². The molecule has 0 aromatic carbocycles. The molecule has 0 spiro atoms. The quantitative estimate of drug-likeness (QED) is 0.645. The Morgan fingerprint density at radius 2 is 2.23 bits per heavy atom. The van der Waals surface area contributed by atoms with E-state index in [4.69, 9.17) is 14.6 Å². The van der Waals surface area contributed by atoms with Gasteiger partial charge in [0.1, 0.15) is 0 Å². The molecular weight excluding hydrogens is 170 g/mol. The van der Waals surface area contributed by atoms with Crippen molar-refractivity contribution in [3.63, 3.8) is 0 Å². The zero-order valence-corrected chi connectivity index (χ0v) is 8.40. The summed E-state index contributed by atoms with van der Waals surface area (Å²) in [6, 6.07) is 0.250. The highest BCUT2D eigenvalue weighted by molar-refractivity contribution is 4.85. The number of hydrogen-bond donors (Lipinski definition) is 1. The minimum Gasteiger partial charge on any atom is -0.395 e. The van der Waals surface area contributed by atoms with Crippen molar-refractivity contribution < 1.29 is 14.6 Å². The van der Waals surface area contributed by atoms with Crippen LogP contribution in [0, 0.1) is 0 Å². The number of aliphatic hydroxyl groups is 1. The number of ether oxygens (including phenoxy) is 2. The molecule has 0 aromatic rings. The summed E-state index contributed by atoms with van der Waals surface area (Å²) in [6.45, 7) is 2.71. The zero-order valence-electron chi connectivity index (χ0n) is 8.40. The van der Waals surface area contributed by atoms with E-state index in [0.29, 0.717) is 6.61 Å². The van der Waals surface area contributed by atoms with Crippen molar-refractivity contribution in [2.75, 3.05) is 40.5 Å². The number of rotatable bonds is 5. The molecule has 4 nitrogen and oxygen atoms in total. The van der Waals surface area contributed by atoms with Crippen LogP contribution >= 0.6 is 0 Å². The summed E-state index contributed by atoms with van der Waals surface area (Å²) in [4.78, 5) is 2.22. The molecule has 0 aliphatic carbocycles. The molecule has 1 aliphatic rings. The maximum Gasteiger partial charge on any atom is 0.0714 e. The molecule has 1 rings (SSSR count). The summed E-state index contributed by atoms with van der Waals surface area (Å²) in [7, 11) is 3.41. The van der Waals surface area contributed by atoms with E-state index in [1.807, 2.05) is 0 Å². The molecule has 2 atom stereocenters. The van der Waals surface area contributed by atoms with Gasteiger partial charge in [-0.3, -0.25) is 4.90 Å². The van der Waals surface area contributed by atoms with Gasteiger partial charge in [-0.05, 0) is 6.42 Å². The first-order valence-electron chi connectivity index (χ1n) is 4.68. The predicted octanol–water partition coefficient (Wildman–Crippen LogP) is -0.286. The zero-order chi connectivity index (χ0) is 9.68. The number of likely N-dealkylation sites (tertiary alicyclic amines) is 1. The van der Waals surface area contributed by atoms with Crippen molar-refractivity contribution in [2.45, 2.75) is 18.6 Å². The minimum absolute atomic E-state index is 0.212. The second-order valence-corrected chi connectivity index (χ2v) is 3.42. The summed E-state index contributed by atoms with van der Waals surface area (Å²) in [5.41, 5.74) is 0. The molecule has 1 saturated heterocycles. The Morgan fingerprint density at radius 1 is 1.46 bits per heavy atom. The molecule has 4 heteroatoms. The maximum absolute atomic E-state index is 9.11. The fourth-order valence-corrected chi connectivity index (χ4v) is 1.78. The Kier molecular flexibility index (Phi) is 4.66. The Bertz CT molecular complexity index is 143. The third-order valence-electron chi connectivity index (χ3n) is 2.62. The number of methoxy groups -OCH3 is 2. The fraction of sp³-hybridized carbons (Fsp3) is 1.00. The average molecular weight is 189 g/mol. The lowest BCUT2D eigenvalue weighted by atomic mass is 10.2. The van der Waals surface area contributed by atoms with Gasteiger partial charge in [0.05, 0.1) is 19.3 Å². The van der Waals surface area contributed by atoms with E-state index in [1.165, 1.54) is 0 Å². The van der Waals surface area contributed by atoms with Crippen LogP contribution in [0.3, 0.4) is 0 Å². The van der Waals surface area contributed by atoms with Crippen molar-refractivity contribution in [1.82, 2.24) is 4.90 Å². The highest BCUT2D eigenvalue weighted by Crippen LogP contribution is 2.18. The molecule has 0 amide bonds. The van der Waals surface area contributed by atoms with Crippen LogP contribution in [0.1, 0.15) is 6.42 Å². The van der Waals surface area contributed by atoms with Crippen molar-refractivity contribution in [3.05, 3.63) is 0 Å². The van der Waals surface area contributed by atoms with E-state index in [1.54, 1.807) is 14.2 Å². The van der Waals surface area contributed by atoms with Crippen LogP contribution in [0.25, 0.3) is 0 Å². The molecule has 0 unspecified atom stereocenters. The van der Waals surface area contributed by atoms with Crippen LogP contribution in [-0.2, 0) is 9.47 Å². The van der Waals surface area contributed by atoms with Crippen molar-refractivity contribution in [2.24, 2.45) is 0 Å². The standard InChI is InChI=1S/C9H19NO3/c1-12-4-3-10-6-9(13-2)5-8(10)7-11/h8-9,11H,3-7H2,1-2H3/t8-,9+/m0/s1. The second-order valence-electron chi connectivity index (χ2n) is 3.42. The van der Waals surface area contributed by atoms with Crippen LogP contribution in [0.2, 0.25) is 0 Å². The minimum atomic E-state index is 0.212. The number of hydrogen-bond acceptors (Lipinski definition) is 4. The smallest absolute Gasteiger partial charge is 0.0714 e. The highest BCUT2D eigenvalue weighted by atomic mass is 16.5. The largest absolute Gasteiger partial charge is 0.395 e. The molecule has 1 aliphatic heterocycles. The number of nitrogens with zero attached hydrogens (tertiary/aromatic N) is 1. The van der Waals surface area contributed by atoms with Crippen molar-refractivity contribution in [3.8, 4) is 0 Å². The van der Waals surface area contributed by atoms with Crippen LogP contribution < -0.4 is 0 Å². The van der Waals surface area contributed by atoms with Gasteiger partial charge >= 0.3 is 0 Å². The lowest BCUT2D eigenvalue weighted by Gasteiger charge is -2.21. The fourth-order valence-electron chi connectivity index (χ4n) is 1.78. The van der Waals surface area contributed by atoms with E-state index in [9.17, 15) is 0 Å². The van der Waals surface area contributed by atoms with Gasteiger partial charge in [-0.2, -0.15) is 0 Å². The third-order valence-corrected chi connectivity index (χ3v) is 2.62. The Balaban J connectivity index is 2.33. The predicted molar refractivity (Wildman–Crippen MR) is 49.7 cm³/mol. The Labute approximate surface area is 79.4 Å². The molecule has 78 valence electrons. The van der Waals surface area contributed by atoms with E-state index in [0.717, 1.165) is 19.5 Å². The van der Waals surface area contributed by atoms with Gasteiger partial charge < -0.3 is 14.6 Å². The highest BCUT2D eigenvalue weighted by Gasteiger charge is 2.30. The molecule has 0 saturated carbocycles. The summed E-state index contributed by atoms with van der Waals surface area (Å²) >= 11 is 0. The van der Waals surface area contributed by atoms with Crippen LogP contribution in [0.4, 0.5) is 0 Å². The van der Waals surface area contributed by atoms with E-state index in [-0.39, 0.29) is 18.8 Å². The first-order chi connectivity index (χ1) is 6.31. The Hall–Kier alpha value is -0.160. The van der Waals surface area contributed by atoms with Gasteiger partial charge in [0.25, 0.3) is 0 Å². The summed E-state index contributed by atoms with van der Waals surface area (Å²) in [5.74, 6) is 0. The summed E-state index contributed by atoms with van der Waals surface area (Å²) in [6.07, 6.45) is 1.20. The van der Waals surface area contributed by atoms with E-state index in [2.05, 4.69) is 4.90 Å². The molecule has 13 heavy (non-hydrogen) atoms. The maximum atomic E-state index is 9.11.